The zero-order chi connectivity index (χ0) is 16.2. The van der Waals surface area contributed by atoms with E-state index in [4.69, 9.17) is 23.7 Å². The van der Waals surface area contributed by atoms with Gasteiger partial charge in [-0.05, 0) is 25.7 Å². The molecule has 0 unspecified atom stereocenters. The van der Waals surface area contributed by atoms with Crippen molar-refractivity contribution in [3.8, 4) is 0 Å². The van der Waals surface area contributed by atoms with Crippen LogP contribution in [0.5, 0.6) is 0 Å². The van der Waals surface area contributed by atoms with Gasteiger partial charge in [0, 0.05) is 31.6 Å². The van der Waals surface area contributed by atoms with Gasteiger partial charge in [-0.2, -0.15) is 0 Å². The highest BCUT2D eigenvalue weighted by atomic mass is 16.8. The van der Waals surface area contributed by atoms with Crippen molar-refractivity contribution in [3.63, 3.8) is 0 Å². The zero-order valence-electron chi connectivity index (χ0n) is 14.7. The monoisotopic (exact) mass is 338 g/mol. The lowest BCUT2D eigenvalue weighted by Crippen LogP contribution is -2.41. The third-order valence-corrected chi connectivity index (χ3v) is 6.75. The number of ether oxygens (including phenoxy) is 5. The Kier molecular flexibility index (Phi) is 3.95. The molecule has 136 valence electrons. The molecule has 3 aliphatic heterocycles. The summed E-state index contributed by atoms with van der Waals surface area (Å²) in [5.41, 5.74) is 0. The van der Waals surface area contributed by atoms with Crippen LogP contribution in [0.15, 0.2) is 0 Å². The molecule has 0 radical (unpaired) electrons. The molecule has 3 saturated heterocycles. The second kappa shape index (κ2) is 5.92. The van der Waals surface area contributed by atoms with Crippen molar-refractivity contribution in [2.75, 3.05) is 6.61 Å². The summed E-state index contributed by atoms with van der Waals surface area (Å²) in [6.07, 6.45) is 11.3. The first-order chi connectivity index (χ1) is 11.7. The molecular weight excluding hydrogens is 308 g/mol. The maximum Gasteiger partial charge on any atom is 0.187 e. The Labute approximate surface area is 144 Å². The minimum Gasteiger partial charge on any atom is -0.347 e. The first kappa shape index (κ1) is 16.0. The minimum atomic E-state index is -0.371. The summed E-state index contributed by atoms with van der Waals surface area (Å²) < 4.78 is 31.5. The normalized spacial score (nSPS) is 46.6. The standard InChI is InChI=1S/C19H30O5/c1-13-15(14-12-20-18(22-14)8-4-2-5-9-18)21-17-16(13)23-19(24-17)10-6-3-7-11-19/h13-17H,2-12H2,1H3/t13-,14-,15+,16-,17-/m1/s1. The van der Waals surface area contributed by atoms with Gasteiger partial charge in [0.05, 0.1) is 12.7 Å². The first-order valence-corrected chi connectivity index (χ1v) is 10.0. The van der Waals surface area contributed by atoms with E-state index in [2.05, 4.69) is 6.92 Å². The molecular formula is C19H30O5. The van der Waals surface area contributed by atoms with Gasteiger partial charge in [-0.3, -0.25) is 0 Å². The van der Waals surface area contributed by atoms with Crippen molar-refractivity contribution in [1.29, 1.82) is 0 Å². The van der Waals surface area contributed by atoms with Crippen molar-refractivity contribution in [2.45, 2.75) is 107 Å². The van der Waals surface area contributed by atoms with Gasteiger partial charge in [-0.1, -0.05) is 19.8 Å². The lowest BCUT2D eigenvalue weighted by Gasteiger charge is -2.35. The van der Waals surface area contributed by atoms with E-state index < -0.39 is 0 Å². The van der Waals surface area contributed by atoms with Gasteiger partial charge in [0.25, 0.3) is 0 Å². The molecule has 5 heteroatoms. The fourth-order valence-corrected chi connectivity index (χ4v) is 5.38. The van der Waals surface area contributed by atoms with Gasteiger partial charge in [0.2, 0.25) is 0 Å². The molecule has 5 rings (SSSR count). The predicted molar refractivity (Wildman–Crippen MR) is 86.2 cm³/mol. The first-order valence-electron chi connectivity index (χ1n) is 10.0. The molecule has 5 nitrogen and oxygen atoms in total. The van der Waals surface area contributed by atoms with E-state index in [0.717, 1.165) is 25.7 Å². The average molecular weight is 338 g/mol. The molecule has 0 bridgehead atoms. The summed E-state index contributed by atoms with van der Waals surface area (Å²) in [5, 5.41) is 0. The second-order valence-electron chi connectivity index (χ2n) is 8.44. The minimum absolute atomic E-state index is 0.0122. The van der Waals surface area contributed by atoms with E-state index in [1.165, 1.54) is 38.5 Å². The molecule has 24 heavy (non-hydrogen) atoms. The van der Waals surface area contributed by atoms with Crippen molar-refractivity contribution < 1.29 is 23.7 Å². The summed E-state index contributed by atoms with van der Waals surface area (Å²) in [6.45, 7) is 2.86. The van der Waals surface area contributed by atoms with Crippen LogP contribution in [-0.4, -0.2) is 42.8 Å². The van der Waals surface area contributed by atoms with Crippen LogP contribution >= 0.6 is 0 Å². The molecule has 0 aromatic carbocycles. The van der Waals surface area contributed by atoms with Gasteiger partial charge < -0.3 is 23.7 Å². The Morgan fingerprint density at radius 3 is 2.04 bits per heavy atom. The lowest BCUT2D eigenvalue weighted by molar-refractivity contribution is -0.255. The molecule has 0 N–H and O–H groups in total. The average Bonchev–Trinajstić information content (AvgIpc) is 3.23. The molecule has 3 heterocycles. The van der Waals surface area contributed by atoms with Crippen molar-refractivity contribution >= 4 is 0 Å². The quantitative estimate of drug-likeness (QED) is 0.732. The van der Waals surface area contributed by atoms with Gasteiger partial charge >= 0.3 is 0 Å². The van der Waals surface area contributed by atoms with Gasteiger partial charge in [0.15, 0.2) is 17.9 Å². The number of hydrogen-bond acceptors (Lipinski definition) is 5. The summed E-state index contributed by atoms with van der Waals surface area (Å²) in [4.78, 5) is 0. The van der Waals surface area contributed by atoms with Crippen LogP contribution in [0, 0.1) is 5.92 Å². The van der Waals surface area contributed by atoms with Crippen LogP contribution in [-0.2, 0) is 23.7 Å². The largest absolute Gasteiger partial charge is 0.347 e. The van der Waals surface area contributed by atoms with E-state index in [1.807, 2.05) is 0 Å². The third kappa shape index (κ3) is 2.55. The highest BCUT2D eigenvalue weighted by molar-refractivity contribution is 4.98. The highest BCUT2D eigenvalue weighted by Gasteiger charge is 2.59. The van der Waals surface area contributed by atoms with Crippen molar-refractivity contribution in [3.05, 3.63) is 0 Å². The van der Waals surface area contributed by atoms with Gasteiger partial charge in [-0.25, -0.2) is 0 Å². The smallest absolute Gasteiger partial charge is 0.187 e. The Morgan fingerprint density at radius 1 is 0.708 bits per heavy atom. The van der Waals surface area contributed by atoms with Gasteiger partial charge in [-0.15, -0.1) is 0 Å². The van der Waals surface area contributed by atoms with E-state index in [9.17, 15) is 0 Å². The summed E-state index contributed by atoms with van der Waals surface area (Å²) in [6, 6.07) is 0. The van der Waals surface area contributed by atoms with Crippen LogP contribution in [0.4, 0.5) is 0 Å². The Balaban J connectivity index is 1.24. The number of rotatable bonds is 1. The molecule has 2 spiro atoms. The van der Waals surface area contributed by atoms with E-state index in [-0.39, 0.29) is 42.1 Å². The summed E-state index contributed by atoms with van der Waals surface area (Å²) in [5.74, 6) is -0.427. The van der Waals surface area contributed by atoms with E-state index in [1.54, 1.807) is 0 Å². The van der Waals surface area contributed by atoms with E-state index >= 15 is 0 Å². The van der Waals surface area contributed by atoms with Crippen molar-refractivity contribution in [2.24, 2.45) is 5.92 Å². The van der Waals surface area contributed by atoms with Gasteiger partial charge in [0.1, 0.15) is 12.2 Å². The fourth-order valence-electron chi connectivity index (χ4n) is 5.38. The Bertz CT molecular complexity index is 468. The summed E-state index contributed by atoms with van der Waals surface area (Å²) in [7, 11) is 0. The molecule has 5 aliphatic rings. The lowest BCUT2D eigenvalue weighted by atomic mass is 9.93. The molecule has 2 saturated carbocycles. The molecule has 0 aromatic rings. The second-order valence-corrected chi connectivity index (χ2v) is 8.44. The predicted octanol–water partition coefficient (Wildman–Crippen LogP) is 3.50. The van der Waals surface area contributed by atoms with Crippen LogP contribution in [0.2, 0.25) is 0 Å². The Morgan fingerprint density at radius 2 is 1.38 bits per heavy atom. The number of hydrogen-bond donors (Lipinski definition) is 0. The topological polar surface area (TPSA) is 46.2 Å². The van der Waals surface area contributed by atoms with Crippen LogP contribution in [0.25, 0.3) is 0 Å². The Hall–Kier alpha value is -0.200. The number of fused-ring (bicyclic) bond motifs is 1. The van der Waals surface area contributed by atoms with Crippen LogP contribution in [0.1, 0.15) is 71.1 Å². The molecule has 2 aliphatic carbocycles. The third-order valence-electron chi connectivity index (χ3n) is 6.75. The zero-order valence-corrected chi connectivity index (χ0v) is 14.7. The molecule has 0 aromatic heterocycles. The van der Waals surface area contributed by atoms with E-state index in [0.29, 0.717) is 6.61 Å². The van der Waals surface area contributed by atoms with Crippen LogP contribution in [0.3, 0.4) is 0 Å². The molecule has 0 amide bonds. The molecule has 5 fully saturated rings. The fraction of sp³-hybridized carbons (Fsp3) is 1.00. The SMILES string of the molecule is C[C@H]1[C@H]2OC3(CCCCC3)O[C@H]2O[C@@H]1[C@H]1COC2(CCCCC2)O1. The maximum absolute atomic E-state index is 6.41. The highest BCUT2D eigenvalue weighted by Crippen LogP contribution is 2.49. The molecule has 5 atom stereocenters. The maximum atomic E-state index is 6.41. The van der Waals surface area contributed by atoms with Crippen LogP contribution < -0.4 is 0 Å². The summed E-state index contributed by atoms with van der Waals surface area (Å²) >= 11 is 0. The van der Waals surface area contributed by atoms with Crippen molar-refractivity contribution in [1.82, 2.24) is 0 Å².